The molecule has 2 aromatic rings. The smallest absolute Gasteiger partial charge is 0.141 e. The maximum atomic E-state index is 13.5. The van der Waals surface area contributed by atoms with Crippen molar-refractivity contribution < 1.29 is 13.9 Å². The van der Waals surface area contributed by atoms with Crippen molar-refractivity contribution >= 4 is 0 Å². The molecule has 1 aromatic carbocycles. The molecule has 2 nitrogen and oxygen atoms in total. The summed E-state index contributed by atoms with van der Waals surface area (Å²) in [5.74, 6) is -0.947. The first-order valence-corrected chi connectivity index (χ1v) is 5.51. The number of aryl methyl sites for hydroxylation is 1. The highest BCUT2D eigenvalue weighted by Crippen LogP contribution is 2.29. The SMILES string of the molecule is Cc1ccc(C(C)(O)c2cncc(F)c2)cc1F. The lowest BCUT2D eigenvalue weighted by atomic mass is 9.89. The Bertz CT molecular complexity index is 582. The van der Waals surface area contributed by atoms with Crippen molar-refractivity contribution in [2.45, 2.75) is 19.4 Å². The number of halogens is 2. The van der Waals surface area contributed by atoms with Gasteiger partial charge in [-0.25, -0.2) is 8.78 Å². The zero-order valence-corrected chi connectivity index (χ0v) is 10.1. The van der Waals surface area contributed by atoms with Crippen LogP contribution >= 0.6 is 0 Å². The van der Waals surface area contributed by atoms with Crippen molar-refractivity contribution in [1.82, 2.24) is 4.98 Å². The average molecular weight is 249 g/mol. The Morgan fingerprint density at radius 1 is 1.11 bits per heavy atom. The molecule has 1 unspecified atom stereocenters. The Morgan fingerprint density at radius 2 is 1.83 bits per heavy atom. The molecule has 0 saturated carbocycles. The maximum absolute atomic E-state index is 13.5. The molecular weight excluding hydrogens is 236 g/mol. The summed E-state index contributed by atoms with van der Waals surface area (Å²) >= 11 is 0. The first kappa shape index (κ1) is 12.6. The van der Waals surface area contributed by atoms with Crippen molar-refractivity contribution in [2.24, 2.45) is 0 Å². The molecule has 18 heavy (non-hydrogen) atoms. The first-order valence-electron chi connectivity index (χ1n) is 5.51. The van der Waals surface area contributed by atoms with E-state index in [9.17, 15) is 13.9 Å². The van der Waals surface area contributed by atoms with E-state index in [1.807, 2.05) is 0 Å². The Kier molecular flexibility index (Phi) is 3.13. The topological polar surface area (TPSA) is 33.1 Å². The van der Waals surface area contributed by atoms with E-state index < -0.39 is 17.2 Å². The van der Waals surface area contributed by atoms with E-state index in [1.54, 1.807) is 19.1 Å². The van der Waals surface area contributed by atoms with Crippen molar-refractivity contribution in [2.75, 3.05) is 0 Å². The van der Waals surface area contributed by atoms with E-state index in [4.69, 9.17) is 0 Å². The highest BCUT2D eigenvalue weighted by Gasteiger charge is 2.27. The zero-order valence-electron chi connectivity index (χ0n) is 10.1. The summed E-state index contributed by atoms with van der Waals surface area (Å²) in [5.41, 5.74) is -0.348. The molecule has 4 heteroatoms. The van der Waals surface area contributed by atoms with E-state index in [1.165, 1.54) is 25.3 Å². The summed E-state index contributed by atoms with van der Waals surface area (Å²) in [6, 6.07) is 5.63. The lowest BCUT2D eigenvalue weighted by molar-refractivity contribution is 0.101. The van der Waals surface area contributed by atoms with Crippen molar-refractivity contribution in [3.05, 3.63) is 65.0 Å². The van der Waals surface area contributed by atoms with Gasteiger partial charge in [0.15, 0.2) is 0 Å². The summed E-state index contributed by atoms with van der Waals surface area (Å²) in [6.07, 6.45) is 2.41. The lowest BCUT2D eigenvalue weighted by Crippen LogP contribution is -2.23. The maximum Gasteiger partial charge on any atom is 0.141 e. The number of nitrogens with zero attached hydrogens (tertiary/aromatic N) is 1. The van der Waals surface area contributed by atoms with Crippen LogP contribution in [0.25, 0.3) is 0 Å². The molecule has 1 N–H and O–H groups in total. The molecule has 0 aliphatic heterocycles. The average Bonchev–Trinajstić information content (AvgIpc) is 2.32. The van der Waals surface area contributed by atoms with Crippen LogP contribution in [-0.2, 0) is 5.60 Å². The third-order valence-corrected chi connectivity index (χ3v) is 3.00. The minimum absolute atomic E-state index is 0.283. The number of rotatable bonds is 2. The molecule has 1 atom stereocenters. The van der Waals surface area contributed by atoms with Crippen LogP contribution in [0.15, 0.2) is 36.7 Å². The molecular formula is C14H13F2NO. The van der Waals surface area contributed by atoms with Crippen LogP contribution in [0.1, 0.15) is 23.6 Å². The van der Waals surface area contributed by atoms with E-state index in [-0.39, 0.29) is 5.56 Å². The molecule has 0 aliphatic carbocycles. The van der Waals surface area contributed by atoms with Crippen molar-refractivity contribution in [3.8, 4) is 0 Å². The standard InChI is InChI=1S/C14H13F2NO/c1-9-3-4-10(6-13(9)16)14(2,18)11-5-12(15)8-17-7-11/h3-8,18H,1-2H3. The Hall–Kier alpha value is -1.81. The summed E-state index contributed by atoms with van der Waals surface area (Å²) in [7, 11) is 0. The predicted octanol–water partition coefficient (Wildman–Crippen LogP) is 2.92. The number of benzene rings is 1. The molecule has 0 saturated heterocycles. The number of aromatic nitrogens is 1. The van der Waals surface area contributed by atoms with Gasteiger partial charge in [-0.2, -0.15) is 0 Å². The minimum Gasteiger partial charge on any atom is -0.381 e. The Morgan fingerprint density at radius 3 is 2.44 bits per heavy atom. The number of pyridine rings is 1. The summed E-state index contributed by atoms with van der Waals surface area (Å²) in [5, 5.41) is 10.4. The van der Waals surface area contributed by atoms with E-state index in [0.29, 0.717) is 11.1 Å². The molecule has 0 radical (unpaired) electrons. The van der Waals surface area contributed by atoms with Crippen molar-refractivity contribution in [3.63, 3.8) is 0 Å². The molecule has 1 aromatic heterocycles. The monoisotopic (exact) mass is 249 g/mol. The zero-order chi connectivity index (χ0) is 13.3. The normalized spacial score (nSPS) is 14.3. The fourth-order valence-corrected chi connectivity index (χ4v) is 1.74. The van der Waals surface area contributed by atoms with Gasteiger partial charge in [0.2, 0.25) is 0 Å². The van der Waals surface area contributed by atoms with Crippen molar-refractivity contribution in [1.29, 1.82) is 0 Å². The van der Waals surface area contributed by atoms with Crippen LogP contribution in [0.4, 0.5) is 8.78 Å². The highest BCUT2D eigenvalue weighted by atomic mass is 19.1. The molecule has 0 aliphatic rings. The fraction of sp³-hybridized carbons (Fsp3) is 0.214. The Balaban J connectivity index is 2.50. The molecule has 1 heterocycles. The van der Waals surface area contributed by atoms with Crippen LogP contribution < -0.4 is 0 Å². The molecule has 0 amide bonds. The van der Waals surface area contributed by atoms with Gasteiger partial charge < -0.3 is 5.11 Å². The molecule has 94 valence electrons. The van der Waals surface area contributed by atoms with E-state index >= 15 is 0 Å². The molecule has 0 fully saturated rings. The third-order valence-electron chi connectivity index (χ3n) is 3.00. The predicted molar refractivity (Wildman–Crippen MR) is 64.0 cm³/mol. The van der Waals surface area contributed by atoms with Gasteiger partial charge in [0.1, 0.15) is 17.2 Å². The Labute approximate surface area is 104 Å². The number of aliphatic hydroxyl groups is 1. The van der Waals surface area contributed by atoms with Gasteiger partial charge in [-0.1, -0.05) is 12.1 Å². The fourth-order valence-electron chi connectivity index (χ4n) is 1.74. The van der Waals surface area contributed by atoms with Gasteiger partial charge in [0, 0.05) is 11.8 Å². The largest absolute Gasteiger partial charge is 0.381 e. The third kappa shape index (κ3) is 2.24. The summed E-state index contributed by atoms with van der Waals surface area (Å²) < 4.78 is 26.6. The van der Waals surface area contributed by atoms with E-state index in [2.05, 4.69) is 4.98 Å². The van der Waals surface area contributed by atoms with Crippen LogP contribution in [0.5, 0.6) is 0 Å². The van der Waals surface area contributed by atoms with Crippen LogP contribution in [0, 0.1) is 18.6 Å². The lowest BCUT2D eigenvalue weighted by Gasteiger charge is -2.24. The van der Waals surface area contributed by atoms with Gasteiger partial charge in [-0.3, -0.25) is 4.98 Å². The second-order valence-electron chi connectivity index (χ2n) is 4.43. The molecule has 0 bridgehead atoms. The van der Waals surface area contributed by atoms with Gasteiger partial charge in [-0.15, -0.1) is 0 Å². The summed E-state index contributed by atoms with van der Waals surface area (Å²) in [6.45, 7) is 3.12. The first-order chi connectivity index (χ1) is 8.41. The van der Waals surface area contributed by atoms with E-state index in [0.717, 1.165) is 6.20 Å². The second-order valence-corrected chi connectivity index (χ2v) is 4.43. The highest BCUT2D eigenvalue weighted by molar-refractivity contribution is 5.35. The van der Waals surface area contributed by atoms with Gasteiger partial charge in [0.05, 0.1) is 6.20 Å². The number of hydrogen-bond acceptors (Lipinski definition) is 2. The number of hydrogen-bond donors (Lipinski definition) is 1. The van der Waals surface area contributed by atoms with Crippen LogP contribution in [0.2, 0.25) is 0 Å². The van der Waals surface area contributed by atoms with Gasteiger partial charge >= 0.3 is 0 Å². The quantitative estimate of drug-likeness (QED) is 0.887. The summed E-state index contributed by atoms with van der Waals surface area (Å²) in [4.78, 5) is 3.69. The second kappa shape index (κ2) is 4.46. The minimum atomic E-state index is -1.48. The molecule has 2 rings (SSSR count). The van der Waals surface area contributed by atoms with Gasteiger partial charge in [-0.05, 0) is 37.1 Å². The van der Waals surface area contributed by atoms with Gasteiger partial charge in [0.25, 0.3) is 0 Å². The van der Waals surface area contributed by atoms with Crippen LogP contribution in [0.3, 0.4) is 0 Å². The molecule has 0 spiro atoms. The van der Waals surface area contributed by atoms with Crippen LogP contribution in [-0.4, -0.2) is 10.1 Å².